The minimum atomic E-state index is -0.0273. The first-order valence-electron chi connectivity index (χ1n) is 6.45. The zero-order valence-corrected chi connectivity index (χ0v) is 11.2. The van der Waals surface area contributed by atoms with Crippen molar-refractivity contribution in [1.82, 2.24) is 14.9 Å². The fraction of sp³-hybridized carbons (Fsp3) is 0.286. The summed E-state index contributed by atoms with van der Waals surface area (Å²) in [5, 5.41) is 2.83. The molecule has 2 aromatic rings. The maximum Gasteiger partial charge on any atom is 0.223 e. The Kier molecular flexibility index (Phi) is 5.00. The van der Waals surface area contributed by atoms with Gasteiger partial charge in [-0.1, -0.05) is 0 Å². The van der Waals surface area contributed by atoms with Gasteiger partial charge in [0.25, 0.3) is 0 Å². The Labute approximate surface area is 117 Å². The van der Waals surface area contributed by atoms with Crippen molar-refractivity contribution >= 4 is 11.6 Å². The Morgan fingerprint density at radius 2 is 2.15 bits per heavy atom. The van der Waals surface area contributed by atoms with Crippen LogP contribution in [0.5, 0.6) is 5.75 Å². The van der Waals surface area contributed by atoms with E-state index in [1.807, 2.05) is 10.8 Å². The minimum absolute atomic E-state index is 0.0273. The minimum Gasteiger partial charge on any atom is -0.493 e. The molecule has 1 heterocycles. The summed E-state index contributed by atoms with van der Waals surface area (Å²) in [6.45, 7) is 1.64. The summed E-state index contributed by atoms with van der Waals surface area (Å²) in [5.41, 5.74) is 6.26. The van der Waals surface area contributed by atoms with Crippen molar-refractivity contribution in [1.29, 1.82) is 0 Å². The molecular formula is C14H18N4O2. The molecule has 0 saturated carbocycles. The Hall–Kier alpha value is -2.50. The fourth-order valence-electron chi connectivity index (χ4n) is 1.66. The van der Waals surface area contributed by atoms with Crippen LogP contribution in [0.3, 0.4) is 0 Å². The molecule has 0 aliphatic carbocycles. The predicted octanol–water partition coefficient (Wildman–Crippen LogP) is 1.05. The number of carbonyl (C=O) groups is 1. The number of nitrogens with one attached hydrogen (secondary N) is 1. The smallest absolute Gasteiger partial charge is 0.223 e. The van der Waals surface area contributed by atoms with Gasteiger partial charge >= 0.3 is 0 Å². The Bertz CT molecular complexity index is 523. The molecule has 6 heteroatoms. The Morgan fingerprint density at radius 1 is 1.35 bits per heavy atom. The number of hydrogen-bond acceptors (Lipinski definition) is 4. The van der Waals surface area contributed by atoms with Crippen LogP contribution in [0.1, 0.15) is 6.42 Å². The lowest BCUT2D eigenvalue weighted by molar-refractivity contribution is -0.121. The molecule has 1 aromatic heterocycles. The molecule has 0 aliphatic rings. The number of nitrogen functional groups attached to an aromatic ring is 1. The zero-order chi connectivity index (χ0) is 14.2. The van der Waals surface area contributed by atoms with Crippen molar-refractivity contribution in [2.75, 3.05) is 18.9 Å². The topological polar surface area (TPSA) is 82.2 Å². The van der Waals surface area contributed by atoms with Crippen molar-refractivity contribution in [3.8, 4) is 5.75 Å². The van der Waals surface area contributed by atoms with E-state index in [1.165, 1.54) is 0 Å². The van der Waals surface area contributed by atoms with E-state index in [4.69, 9.17) is 10.5 Å². The third-order valence-corrected chi connectivity index (χ3v) is 2.73. The van der Waals surface area contributed by atoms with Crippen LogP contribution >= 0.6 is 0 Å². The molecule has 20 heavy (non-hydrogen) atoms. The molecule has 0 unspecified atom stereocenters. The predicted molar refractivity (Wildman–Crippen MR) is 76.2 cm³/mol. The van der Waals surface area contributed by atoms with Gasteiger partial charge in [0.15, 0.2) is 0 Å². The first-order chi connectivity index (χ1) is 9.74. The summed E-state index contributed by atoms with van der Waals surface area (Å²) in [5.74, 6) is 0.686. The second kappa shape index (κ2) is 7.18. The summed E-state index contributed by atoms with van der Waals surface area (Å²) in [7, 11) is 0. The van der Waals surface area contributed by atoms with E-state index in [-0.39, 0.29) is 5.91 Å². The van der Waals surface area contributed by atoms with Gasteiger partial charge in [-0.25, -0.2) is 4.98 Å². The van der Waals surface area contributed by atoms with E-state index in [9.17, 15) is 4.79 Å². The van der Waals surface area contributed by atoms with E-state index >= 15 is 0 Å². The van der Waals surface area contributed by atoms with E-state index in [0.717, 1.165) is 0 Å². The number of amides is 1. The third-order valence-electron chi connectivity index (χ3n) is 2.73. The van der Waals surface area contributed by atoms with Crippen molar-refractivity contribution in [3.05, 3.63) is 43.0 Å². The summed E-state index contributed by atoms with van der Waals surface area (Å²) in [6.07, 6.45) is 5.61. The maximum absolute atomic E-state index is 11.6. The lowest BCUT2D eigenvalue weighted by Crippen LogP contribution is -2.28. The Morgan fingerprint density at radius 3 is 2.85 bits per heavy atom. The summed E-state index contributed by atoms with van der Waals surface area (Å²) < 4.78 is 7.36. The van der Waals surface area contributed by atoms with Crippen LogP contribution in [0, 0.1) is 0 Å². The van der Waals surface area contributed by atoms with Crippen molar-refractivity contribution in [3.63, 3.8) is 0 Å². The molecule has 0 spiro atoms. The number of nitrogens with two attached hydrogens (primary N) is 1. The highest BCUT2D eigenvalue weighted by Crippen LogP contribution is 2.12. The number of benzene rings is 1. The molecule has 0 aliphatic heterocycles. The van der Waals surface area contributed by atoms with E-state index in [0.29, 0.717) is 37.6 Å². The summed E-state index contributed by atoms with van der Waals surface area (Å²) in [6, 6.07) is 7.10. The van der Waals surface area contributed by atoms with Gasteiger partial charge in [0.05, 0.1) is 19.4 Å². The summed E-state index contributed by atoms with van der Waals surface area (Å²) in [4.78, 5) is 15.5. The summed E-state index contributed by atoms with van der Waals surface area (Å²) >= 11 is 0. The van der Waals surface area contributed by atoms with Crippen molar-refractivity contribution < 1.29 is 9.53 Å². The average Bonchev–Trinajstić information content (AvgIpc) is 2.94. The van der Waals surface area contributed by atoms with Crippen molar-refractivity contribution in [2.24, 2.45) is 0 Å². The van der Waals surface area contributed by atoms with Crippen LogP contribution in [0.25, 0.3) is 0 Å². The standard InChI is InChI=1S/C14H18N4O2/c15-12-1-3-13(4-2-12)20-10-5-14(19)17-7-9-18-8-6-16-11-18/h1-4,6,8,11H,5,7,9-10,15H2,(H,17,19). The number of aromatic nitrogens is 2. The average molecular weight is 274 g/mol. The van der Waals surface area contributed by atoms with Crippen LogP contribution in [-0.4, -0.2) is 28.6 Å². The lowest BCUT2D eigenvalue weighted by Gasteiger charge is -2.07. The van der Waals surface area contributed by atoms with Gasteiger partial charge in [0.2, 0.25) is 5.91 Å². The molecule has 1 amide bonds. The molecular weight excluding hydrogens is 256 g/mol. The van der Waals surface area contributed by atoms with Gasteiger partial charge in [-0.2, -0.15) is 0 Å². The largest absolute Gasteiger partial charge is 0.493 e. The number of imidazole rings is 1. The first-order valence-corrected chi connectivity index (χ1v) is 6.45. The molecule has 0 saturated heterocycles. The second-order valence-electron chi connectivity index (χ2n) is 4.32. The first kappa shape index (κ1) is 13.9. The molecule has 106 valence electrons. The van der Waals surface area contributed by atoms with Gasteiger partial charge in [-0.15, -0.1) is 0 Å². The van der Waals surface area contributed by atoms with Crippen LogP contribution < -0.4 is 15.8 Å². The maximum atomic E-state index is 11.6. The molecule has 2 rings (SSSR count). The molecule has 0 radical (unpaired) electrons. The highest BCUT2D eigenvalue weighted by Gasteiger charge is 2.01. The normalized spacial score (nSPS) is 10.2. The molecule has 6 nitrogen and oxygen atoms in total. The van der Waals surface area contributed by atoms with Crippen LogP contribution in [-0.2, 0) is 11.3 Å². The number of anilines is 1. The molecule has 3 N–H and O–H groups in total. The van der Waals surface area contributed by atoms with E-state index in [2.05, 4.69) is 10.3 Å². The fourth-order valence-corrected chi connectivity index (χ4v) is 1.66. The van der Waals surface area contributed by atoms with Gasteiger partial charge in [0.1, 0.15) is 5.75 Å². The highest BCUT2D eigenvalue weighted by molar-refractivity contribution is 5.75. The van der Waals surface area contributed by atoms with Gasteiger partial charge in [-0.05, 0) is 24.3 Å². The zero-order valence-electron chi connectivity index (χ0n) is 11.2. The van der Waals surface area contributed by atoms with Gasteiger partial charge < -0.3 is 20.4 Å². The third kappa shape index (κ3) is 4.64. The molecule has 0 atom stereocenters. The molecule has 1 aromatic carbocycles. The van der Waals surface area contributed by atoms with Crippen LogP contribution in [0.4, 0.5) is 5.69 Å². The Balaban J connectivity index is 1.59. The van der Waals surface area contributed by atoms with Gasteiger partial charge in [0, 0.05) is 31.2 Å². The van der Waals surface area contributed by atoms with Crippen molar-refractivity contribution in [2.45, 2.75) is 13.0 Å². The quantitative estimate of drug-likeness (QED) is 0.739. The number of nitrogens with zero attached hydrogens (tertiary/aromatic N) is 2. The lowest BCUT2D eigenvalue weighted by atomic mass is 10.3. The number of hydrogen-bond donors (Lipinski definition) is 2. The molecule has 0 fully saturated rings. The van der Waals surface area contributed by atoms with Crippen LogP contribution in [0.2, 0.25) is 0 Å². The van der Waals surface area contributed by atoms with Crippen LogP contribution in [0.15, 0.2) is 43.0 Å². The highest BCUT2D eigenvalue weighted by atomic mass is 16.5. The SMILES string of the molecule is Nc1ccc(OCCC(=O)NCCn2ccnc2)cc1. The number of ether oxygens (including phenoxy) is 1. The molecule has 0 bridgehead atoms. The second-order valence-corrected chi connectivity index (χ2v) is 4.32. The van der Waals surface area contributed by atoms with E-state index in [1.54, 1.807) is 36.8 Å². The van der Waals surface area contributed by atoms with E-state index < -0.39 is 0 Å². The monoisotopic (exact) mass is 274 g/mol. The number of carbonyl (C=O) groups excluding carboxylic acids is 1. The number of rotatable bonds is 7. The van der Waals surface area contributed by atoms with Gasteiger partial charge in [-0.3, -0.25) is 4.79 Å².